The normalized spacial score (nSPS) is 8.00. The van der Waals surface area contributed by atoms with Crippen LogP contribution in [0.2, 0.25) is 0 Å². The minimum atomic E-state index is -0.434. The standard InChI is InChI=1S/C9H8O2.Li/c1-2-9(10)11-8-6-4-3-5-7-8;/h2-7H,1H2;. The predicted octanol–water partition coefficient (Wildman–Crippen LogP) is 1.40. The molecule has 0 amide bonds. The summed E-state index contributed by atoms with van der Waals surface area (Å²) in [5.41, 5.74) is 0. The van der Waals surface area contributed by atoms with Crippen LogP contribution in [0.5, 0.6) is 5.75 Å². The SMILES string of the molecule is C=CC(=O)Oc1ccccc1.[Li]. The van der Waals surface area contributed by atoms with E-state index in [2.05, 4.69) is 6.58 Å². The van der Waals surface area contributed by atoms with Crippen molar-refractivity contribution in [3.05, 3.63) is 43.0 Å². The van der Waals surface area contributed by atoms with Crippen molar-refractivity contribution < 1.29 is 9.53 Å². The molecule has 1 radical (unpaired) electrons. The number of hydrogen-bond acceptors (Lipinski definition) is 2. The van der Waals surface area contributed by atoms with E-state index in [4.69, 9.17) is 4.74 Å². The van der Waals surface area contributed by atoms with Gasteiger partial charge in [0.1, 0.15) is 5.75 Å². The topological polar surface area (TPSA) is 26.3 Å². The van der Waals surface area contributed by atoms with Crippen LogP contribution in [0.3, 0.4) is 0 Å². The third-order valence-electron chi connectivity index (χ3n) is 1.13. The van der Waals surface area contributed by atoms with Gasteiger partial charge in [0.15, 0.2) is 0 Å². The van der Waals surface area contributed by atoms with Crippen LogP contribution in [0, 0.1) is 0 Å². The average molecular weight is 155 g/mol. The van der Waals surface area contributed by atoms with Gasteiger partial charge in [-0.1, -0.05) is 24.8 Å². The number of para-hydroxylation sites is 1. The largest absolute Gasteiger partial charge is 0.423 e. The summed E-state index contributed by atoms with van der Waals surface area (Å²) in [4.78, 5) is 10.6. The number of carbonyl (C=O) groups is 1. The van der Waals surface area contributed by atoms with Crippen LogP contribution in [0.1, 0.15) is 0 Å². The van der Waals surface area contributed by atoms with Crippen LogP contribution in [-0.2, 0) is 4.79 Å². The minimum Gasteiger partial charge on any atom is -0.423 e. The van der Waals surface area contributed by atoms with Gasteiger partial charge in [-0.05, 0) is 12.1 Å². The Labute approximate surface area is 83.4 Å². The molecule has 3 heteroatoms. The van der Waals surface area contributed by atoms with E-state index < -0.39 is 5.97 Å². The molecule has 57 valence electrons. The Hall–Kier alpha value is -0.973. The van der Waals surface area contributed by atoms with Gasteiger partial charge in [0.05, 0.1) is 0 Å². The third kappa shape index (κ3) is 3.43. The molecule has 0 atom stereocenters. The Morgan fingerprint density at radius 1 is 1.33 bits per heavy atom. The van der Waals surface area contributed by atoms with Gasteiger partial charge in [-0.3, -0.25) is 0 Å². The average Bonchev–Trinajstić information content (AvgIpc) is 2.06. The Kier molecular flexibility index (Phi) is 5.19. The molecule has 0 saturated heterocycles. The van der Waals surface area contributed by atoms with E-state index in [1.54, 1.807) is 24.3 Å². The molecule has 1 aromatic rings. The first-order chi connectivity index (χ1) is 5.33. The van der Waals surface area contributed by atoms with Gasteiger partial charge in [-0.15, -0.1) is 0 Å². The number of ether oxygens (including phenoxy) is 1. The van der Waals surface area contributed by atoms with Crippen LogP contribution in [0.25, 0.3) is 0 Å². The number of rotatable bonds is 2. The molecule has 0 heterocycles. The van der Waals surface area contributed by atoms with Gasteiger partial charge >= 0.3 is 5.97 Å². The Balaban J connectivity index is 0.00000121. The van der Waals surface area contributed by atoms with E-state index in [1.165, 1.54) is 0 Å². The van der Waals surface area contributed by atoms with E-state index in [1.807, 2.05) is 6.07 Å². The van der Waals surface area contributed by atoms with Gasteiger partial charge in [0.25, 0.3) is 0 Å². The number of esters is 1. The fourth-order valence-electron chi connectivity index (χ4n) is 0.646. The summed E-state index contributed by atoms with van der Waals surface area (Å²) in [5, 5.41) is 0. The predicted molar refractivity (Wildman–Crippen MR) is 48.0 cm³/mol. The van der Waals surface area contributed by atoms with Crippen molar-refractivity contribution >= 4 is 24.8 Å². The van der Waals surface area contributed by atoms with Crippen molar-refractivity contribution in [2.45, 2.75) is 0 Å². The molecule has 0 aromatic heterocycles. The van der Waals surface area contributed by atoms with Crippen molar-refractivity contribution in [2.24, 2.45) is 0 Å². The van der Waals surface area contributed by atoms with E-state index >= 15 is 0 Å². The second-order valence-corrected chi connectivity index (χ2v) is 1.94. The van der Waals surface area contributed by atoms with E-state index in [-0.39, 0.29) is 18.9 Å². The van der Waals surface area contributed by atoms with Crippen LogP contribution in [0.4, 0.5) is 0 Å². The Morgan fingerprint density at radius 2 is 1.92 bits per heavy atom. The van der Waals surface area contributed by atoms with Crippen molar-refractivity contribution in [1.82, 2.24) is 0 Å². The maximum Gasteiger partial charge on any atom is 0.335 e. The summed E-state index contributed by atoms with van der Waals surface area (Å²) >= 11 is 0. The molecule has 1 rings (SSSR count). The third-order valence-corrected chi connectivity index (χ3v) is 1.13. The first-order valence-corrected chi connectivity index (χ1v) is 3.22. The molecule has 0 aliphatic carbocycles. The molecule has 0 bridgehead atoms. The van der Waals surface area contributed by atoms with E-state index in [0.717, 1.165) is 6.08 Å². The van der Waals surface area contributed by atoms with E-state index in [0.29, 0.717) is 5.75 Å². The Bertz CT molecular complexity index is 256. The molecule has 12 heavy (non-hydrogen) atoms. The zero-order chi connectivity index (χ0) is 8.10. The summed E-state index contributed by atoms with van der Waals surface area (Å²) in [7, 11) is 0. The van der Waals surface area contributed by atoms with Gasteiger partial charge in [-0.25, -0.2) is 4.79 Å². The molecule has 0 spiro atoms. The number of hydrogen-bond donors (Lipinski definition) is 0. The second kappa shape index (κ2) is 5.65. The van der Waals surface area contributed by atoms with Crippen molar-refractivity contribution in [2.75, 3.05) is 0 Å². The Morgan fingerprint density at radius 3 is 2.42 bits per heavy atom. The molecule has 0 aliphatic heterocycles. The smallest absolute Gasteiger partial charge is 0.335 e. The minimum absolute atomic E-state index is 0. The molecule has 2 nitrogen and oxygen atoms in total. The summed E-state index contributed by atoms with van der Waals surface area (Å²) in [6, 6.07) is 8.87. The zero-order valence-electron chi connectivity index (χ0n) is 6.99. The first-order valence-electron chi connectivity index (χ1n) is 3.22. The van der Waals surface area contributed by atoms with Crippen LogP contribution < -0.4 is 4.74 Å². The molecule has 1 aromatic carbocycles. The number of carbonyl (C=O) groups excluding carboxylic acids is 1. The summed E-state index contributed by atoms with van der Waals surface area (Å²) in [6.07, 6.45) is 1.13. The van der Waals surface area contributed by atoms with Gasteiger partial charge in [0.2, 0.25) is 0 Å². The molecule has 0 fully saturated rings. The van der Waals surface area contributed by atoms with Crippen LogP contribution in [0.15, 0.2) is 43.0 Å². The van der Waals surface area contributed by atoms with Crippen molar-refractivity contribution in [1.29, 1.82) is 0 Å². The van der Waals surface area contributed by atoms with Crippen molar-refractivity contribution in [3.8, 4) is 5.75 Å². The molecule has 0 unspecified atom stereocenters. The van der Waals surface area contributed by atoms with Crippen molar-refractivity contribution in [3.63, 3.8) is 0 Å². The summed E-state index contributed by atoms with van der Waals surface area (Å²) < 4.78 is 4.81. The van der Waals surface area contributed by atoms with E-state index in [9.17, 15) is 4.79 Å². The maximum absolute atomic E-state index is 10.6. The maximum atomic E-state index is 10.6. The summed E-state index contributed by atoms with van der Waals surface area (Å²) in [6.45, 7) is 3.28. The van der Waals surface area contributed by atoms with Crippen LogP contribution >= 0.6 is 0 Å². The van der Waals surface area contributed by atoms with Gasteiger partial charge < -0.3 is 4.74 Å². The summed E-state index contributed by atoms with van der Waals surface area (Å²) in [5.74, 6) is 0.105. The zero-order valence-corrected chi connectivity index (χ0v) is 6.99. The van der Waals surface area contributed by atoms with Gasteiger partial charge in [-0.2, -0.15) is 0 Å². The quantitative estimate of drug-likeness (QED) is 0.279. The monoisotopic (exact) mass is 155 g/mol. The molecule has 0 aliphatic rings. The number of benzene rings is 1. The first kappa shape index (κ1) is 11.0. The fraction of sp³-hybridized carbons (Fsp3) is 0. The fourth-order valence-corrected chi connectivity index (χ4v) is 0.646. The molecular weight excluding hydrogens is 147 g/mol. The molecular formula is C9H8LiO2. The van der Waals surface area contributed by atoms with Gasteiger partial charge in [0, 0.05) is 24.9 Å². The molecule has 0 N–H and O–H groups in total. The molecule has 0 saturated carbocycles. The second-order valence-electron chi connectivity index (χ2n) is 1.94. The van der Waals surface area contributed by atoms with Crippen LogP contribution in [-0.4, -0.2) is 24.8 Å².